The third-order valence-corrected chi connectivity index (χ3v) is 3.43. The first-order chi connectivity index (χ1) is 11.8. The minimum absolute atomic E-state index is 0.0199. The first-order valence-electron chi connectivity index (χ1n) is 6.96. The first kappa shape index (κ1) is 16.6. The highest BCUT2D eigenvalue weighted by Gasteiger charge is 2.44. The van der Waals surface area contributed by atoms with Gasteiger partial charge in [0.05, 0.1) is 11.1 Å². The number of hydrogen-bond acceptors (Lipinski definition) is 6. The zero-order valence-electron chi connectivity index (χ0n) is 12.6. The minimum atomic E-state index is -4.92. The third kappa shape index (κ3) is 2.62. The summed E-state index contributed by atoms with van der Waals surface area (Å²) in [7, 11) is 0. The second kappa shape index (κ2) is 5.69. The van der Waals surface area contributed by atoms with E-state index in [1.165, 1.54) is 31.2 Å². The van der Waals surface area contributed by atoms with Crippen LogP contribution < -0.4 is 0 Å². The fourth-order valence-corrected chi connectivity index (χ4v) is 2.33. The van der Waals surface area contributed by atoms with Gasteiger partial charge in [-0.2, -0.15) is 13.2 Å². The van der Waals surface area contributed by atoms with E-state index in [4.69, 9.17) is 0 Å². The second-order valence-corrected chi connectivity index (χ2v) is 4.93. The molecule has 0 fully saturated rings. The average molecular weight is 354 g/mol. The lowest BCUT2D eigenvalue weighted by Crippen LogP contribution is -2.33. The van der Waals surface area contributed by atoms with Gasteiger partial charge in [0.25, 0.3) is 11.8 Å². The molecule has 130 valence electrons. The van der Waals surface area contributed by atoms with Crippen molar-refractivity contribution in [3.63, 3.8) is 0 Å². The molecule has 0 N–H and O–H groups in total. The van der Waals surface area contributed by atoms with Crippen LogP contribution in [-0.4, -0.2) is 37.8 Å². The second-order valence-electron chi connectivity index (χ2n) is 4.93. The van der Waals surface area contributed by atoms with Crippen molar-refractivity contribution in [2.45, 2.75) is 19.6 Å². The van der Waals surface area contributed by atoms with Crippen molar-refractivity contribution in [1.82, 2.24) is 20.1 Å². The summed E-state index contributed by atoms with van der Waals surface area (Å²) in [5.74, 6) is -3.52. The smallest absolute Gasteiger partial charge is 0.322 e. The number of hydrogen-bond donors (Lipinski definition) is 0. The summed E-state index contributed by atoms with van der Waals surface area (Å²) in [5, 5.41) is 6.50. The van der Waals surface area contributed by atoms with Crippen molar-refractivity contribution in [2.75, 3.05) is 0 Å². The number of amides is 2. The van der Waals surface area contributed by atoms with Gasteiger partial charge in [-0.15, -0.1) is 5.10 Å². The summed E-state index contributed by atoms with van der Waals surface area (Å²) in [6.45, 7) is 1.19. The number of halogens is 3. The summed E-state index contributed by atoms with van der Waals surface area (Å²) in [4.78, 5) is 40.8. The maximum absolute atomic E-state index is 13.1. The van der Waals surface area contributed by atoms with Crippen LogP contribution in [0.2, 0.25) is 0 Å². The zero-order chi connectivity index (χ0) is 18.4. The number of carbonyl (C=O) groups is 3. The Morgan fingerprint density at radius 2 is 1.72 bits per heavy atom. The number of aryl methyl sites for hydroxylation is 1. The molecule has 0 unspecified atom stereocenters. The number of hydroxylamine groups is 2. The lowest BCUT2D eigenvalue weighted by atomic mass is 10.1. The molecule has 0 saturated heterocycles. The van der Waals surface area contributed by atoms with Crippen molar-refractivity contribution in [3.8, 4) is 0 Å². The van der Waals surface area contributed by atoms with Crippen LogP contribution in [0.5, 0.6) is 0 Å². The molecule has 2 aromatic rings. The van der Waals surface area contributed by atoms with Gasteiger partial charge in [0.1, 0.15) is 0 Å². The van der Waals surface area contributed by atoms with E-state index in [2.05, 4.69) is 15.1 Å². The predicted octanol–water partition coefficient (Wildman–Crippen LogP) is 1.68. The summed E-state index contributed by atoms with van der Waals surface area (Å²) < 4.78 is 39.8. The van der Waals surface area contributed by atoms with Crippen molar-refractivity contribution < 1.29 is 32.4 Å². The molecule has 25 heavy (non-hydrogen) atoms. The highest BCUT2D eigenvalue weighted by Crippen LogP contribution is 2.32. The number of alkyl halides is 3. The van der Waals surface area contributed by atoms with E-state index in [1.54, 1.807) is 0 Å². The summed E-state index contributed by atoms with van der Waals surface area (Å²) in [6.07, 6.45) is -4.92. The Morgan fingerprint density at radius 3 is 2.20 bits per heavy atom. The summed E-state index contributed by atoms with van der Waals surface area (Å²) >= 11 is 0. The standard InChI is InChI=1S/C14H9F3N4O4/c1-2-20-10(14(15,16)17)9(18-19-20)13(24)25-21-11(22)7-5-3-4-6-8(7)12(21)23/h3-6H,2H2,1H3. The van der Waals surface area contributed by atoms with E-state index in [1.807, 2.05) is 0 Å². The van der Waals surface area contributed by atoms with Gasteiger partial charge in [0.15, 0.2) is 5.69 Å². The van der Waals surface area contributed by atoms with Crippen LogP contribution in [0.25, 0.3) is 0 Å². The van der Waals surface area contributed by atoms with E-state index < -0.39 is 35.3 Å². The van der Waals surface area contributed by atoms with Gasteiger partial charge in [0.2, 0.25) is 5.69 Å². The van der Waals surface area contributed by atoms with Crippen LogP contribution in [-0.2, 0) is 17.6 Å². The topological polar surface area (TPSA) is 94.4 Å². The molecule has 0 atom stereocenters. The van der Waals surface area contributed by atoms with Gasteiger partial charge >= 0.3 is 12.1 Å². The zero-order valence-corrected chi connectivity index (χ0v) is 12.6. The molecule has 0 spiro atoms. The van der Waals surface area contributed by atoms with Gasteiger partial charge < -0.3 is 4.84 Å². The van der Waals surface area contributed by atoms with Crippen LogP contribution >= 0.6 is 0 Å². The maximum atomic E-state index is 13.1. The Labute approximate surface area is 137 Å². The third-order valence-electron chi connectivity index (χ3n) is 3.43. The molecular formula is C14H9F3N4O4. The summed E-state index contributed by atoms with van der Waals surface area (Å²) in [5.41, 5.74) is -2.59. The first-order valence-corrected chi connectivity index (χ1v) is 6.96. The SMILES string of the molecule is CCn1nnc(C(=O)ON2C(=O)c3ccccc3C2=O)c1C(F)(F)F. The number of fused-ring (bicyclic) bond motifs is 1. The average Bonchev–Trinajstić information content (AvgIpc) is 3.11. The molecule has 1 aromatic carbocycles. The number of rotatable bonds is 3. The molecule has 2 amide bonds. The van der Waals surface area contributed by atoms with E-state index in [0.717, 1.165) is 0 Å². The number of carbonyl (C=O) groups excluding carboxylic acids is 3. The maximum Gasteiger partial charge on any atom is 0.435 e. The Balaban J connectivity index is 1.91. The van der Waals surface area contributed by atoms with Crippen LogP contribution in [0, 0.1) is 0 Å². The van der Waals surface area contributed by atoms with Gasteiger partial charge in [-0.3, -0.25) is 9.59 Å². The van der Waals surface area contributed by atoms with Crippen LogP contribution in [0.3, 0.4) is 0 Å². The largest absolute Gasteiger partial charge is 0.435 e. The van der Waals surface area contributed by atoms with E-state index >= 15 is 0 Å². The number of nitrogens with zero attached hydrogens (tertiary/aromatic N) is 4. The fraction of sp³-hybridized carbons (Fsp3) is 0.214. The van der Waals surface area contributed by atoms with Crippen LogP contribution in [0.15, 0.2) is 24.3 Å². The Hall–Kier alpha value is -3.24. The molecule has 3 rings (SSSR count). The quantitative estimate of drug-likeness (QED) is 0.779. The minimum Gasteiger partial charge on any atom is -0.322 e. The lowest BCUT2D eigenvalue weighted by Gasteiger charge is -2.13. The molecule has 8 nitrogen and oxygen atoms in total. The number of benzene rings is 1. The van der Waals surface area contributed by atoms with Crippen molar-refractivity contribution in [1.29, 1.82) is 0 Å². The molecule has 0 radical (unpaired) electrons. The number of aromatic nitrogens is 3. The number of imide groups is 1. The Kier molecular flexibility index (Phi) is 3.78. The van der Waals surface area contributed by atoms with E-state index in [9.17, 15) is 27.6 Å². The van der Waals surface area contributed by atoms with E-state index in [0.29, 0.717) is 4.68 Å². The molecule has 11 heteroatoms. The van der Waals surface area contributed by atoms with Crippen LogP contribution in [0.4, 0.5) is 13.2 Å². The molecule has 1 aromatic heterocycles. The Morgan fingerprint density at radius 1 is 1.16 bits per heavy atom. The van der Waals surface area contributed by atoms with Crippen LogP contribution in [0.1, 0.15) is 43.8 Å². The molecule has 1 aliphatic heterocycles. The van der Waals surface area contributed by atoms with Gasteiger partial charge in [0, 0.05) is 6.54 Å². The highest BCUT2D eigenvalue weighted by molar-refractivity contribution is 6.21. The van der Waals surface area contributed by atoms with E-state index in [-0.39, 0.29) is 22.7 Å². The van der Waals surface area contributed by atoms with Crippen molar-refractivity contribution >= 4 is 17.8 Å². The normalized spacial score (nSPS) is 14.0. The monoisotopic (exact) mass is 354 g/mol. The highest BCUT2D eigenvalue weighted by atomic mass is 19.4. The molecular weight excluding hydrogens is 345 g/mol. The fourth-order valence-electron chi connectivity index (χ4n) is 2.33. The molecule has 0 bridgehead atoms. The molecule has 2 heterocycles. The predicted molar refractivity (Wildman–Crippen MR) is 73.1 cm³/mol. The van der Waals surface area contributed by atoms with Crippen molar-refractivity contribution in [2.24, 2.45) is 0 Å². The van der Waals surface area contributed by atoms with Crippen molar-refractivity contribution in [3.05, 3.63) is 46.8 Å². The molecule has 0 saturated carbocycles. The molecule has 1 aliphatic rings. The lowest BCUT2D eigenvalue weighted by molar-refractivity contribution is -0.145. The molecule has 0 aliphatic carbocycles. The Bertz CT molecular complexity index is 855. The summed E-state index contributed by atoms with van der Waals surface area (Å²) in [6, 6.07) is 5.64. The van der Waals surface area contributed by atoms with Gasteiger partial charge in [-0.1, -0.05) is 22.4 Å². The van der Waals surface area contributed by atoms with Gasteiger partial charge in [-0.05, 0) is 19.1 Å². The van der Waals surface area contributed by atoms with Gasteiger partial charge in [-0.25, -0.2) is 9.48 Å².